The van der Waals surface area contributed by atoms with Crippen LogP contribution in [-0.4, -0.2) is 15.0 Å². The van der Waals surface area contributed by atoms with Gasteiger partial charge in [-0.05, 0) is 17.7 Å². The molecule has 4 heteroatoms. The highest BCUT2D eigenvalue weighted by Crippen LogP contribution is 2.17. The quantitative estimate of drug-likeness (QED) is 0.710. The third kappa shape index (κ3) is 3.03. The summed E-state index contributed by atoms with van der Waals surface area (Å²) in [7, 11) is 0. The van der Waals surface area contributed by atoms with E-state index in [0.29, 0.717) is 6.67 Å². The number of benzene rings is 2. The largest absolute Gasteiger partial charge is 0.346 e. The SMILES string of the molecule is c1ccc(CN(Cn2nccn2)c2ccccc2)cc1. The van der Waals surface area contributed by atoms with Crippen LogP contribution in [0.1, 0.15) is 5.56 Å². The number of hydrogen-bond acceptors (Lipinski definition) is 3. The molecule has 1 heterocycles. The first-order valence-electron chi connectivity index (χ1n) is 6.60. The van der Waals surface area contributed by atoms with Crippen molar-refractivity contribution in [1.82, 2.24) is 15.0 Å². The van der Waals surface area contributed by atoms with Crippen LogP contribution in [0, 0.1) is 0 Å². The first-order valence-corrected chi connectivity index (χ1v) is 6.60. The van der Waals surface area contributed by atoms with Crippen LogP contribution in [0.3, 0.4) is 0 Å². The van der Waals surface area contributed by atoms with Gasteiger partial charge >= 0.3 is 0 Å². The molecule has 3 aromatic rings. The summed E-state index contributed by atoms with van der Waals surface area (Å²) in [4.78, 5) is 3.94. The summed E-state index contributed by atoms with van der Waals surface area (Å²) in [6, 6.07) is 20.7. The summed E-state index contributed by atoms with van der Waals surface area (Å²) in [5.41, 5.74) is 2.43. The topological polar surface area (TPSA) is 34.0 Å². The van der Waals surface area contributed by atoms with Crippen LogP contribution in [0.2, 0.25) is 0 Å². The van der Waals surface area contributed by atoms with E-state index in [9.17, 15) is 0 Å². The van der Waals surface area contributed by atoms with Crippen molar-refractivity contribution in [2.45, 2.75) is 13.2 Å². The van der Waals surface area contributed by atoms with Gasteiger partial charge in [0, 0.05) is 12.2 Å². The van der Waals surface area contributed by atoms with E-state index in [1.54, 1.807) is 17.2 Å². The Labute approximate surface area is 118 Å². The third-order valence-corrected chi connectivity index (χ3v) is 3.10. The molecule has 0 bridgehead atoms. The van der Waals surface area contributed by atoms with Gasteiger partial charge in [0.2, 0.25) is 0 Å². The summed E-state index contributed by atoms with van der Waals surface area (Å²) < 4.78 is 0. The lowest BCUT2D eigenvalue weighted by Gasteiger charge is -2.24. The summed E-state index contributed by atoms with van der Waals surface area (Å²) >= 11 is 0. The van der Waals surface area contributed by atoms with E-state index >= 15 is 0 Å². The van der Waals surface area contributed by atoms with E-state index in [1.165, 1.54) is 5.56 Å². The molecule has 3 rings (SSSR count). The minimum Gasteiger partial charge on any atom is -0.346 e. The molecule has 0 radical (unpaired) electrons. The zero-order valence-electron chi connectivity index (χ0n) is 11.1. The Hall–Kier alpha value is -2.62. The minimum absolute atomic E-state index is 0.631. The highest BCUT2D eigenvalue weighted by molar-refractivity contribution is 5.45. The molecule has 0 saturated carbocycles. The van der Waals surface area contributed by atoms with E-state index in [0.717, 1.165) is 12.2 Å². The zero-order chi connectivity index (χ0) is 13.6. The highest BCUT2D eigenvalue weighted by atomic mass is 15.5. The lowest BCUT2D eigenvalue weighted by atomic mass is 10.2. The number of anilines is 1. The van der Waals surface area contributed by atoms with E-state index < -0.39 is 0 Å². The van der Waals surface area contributed by atoms with Crippen LogP contribution in [-0.2, 0) is 13.2 Å². The average molecular weight is 264 g/mol. The molecule has 0 aliphatic carbocycles. The maximum absolute atomic E-state index is 4.19. The highest BCUT2D eigenvalue weighted by Gasteiger charge is 2.08. The van der Waals surface area contributed by atoms with E-state index in [4.69, 9.17) is 0 Å². The predicted molar refractivity (Wildman–Crippen MR) is 79.1 cm³/mol. The minimum atomic E-state index is 0.631. The first-order chi connectivity index (χ1) is 9.92. The second-order valence-electron chi connectivity index (χ2n) is 4.56. The molecule has 0 fully saturated rings. The number of hydrogen-bond donors (Lipinski definition) is 0. The Kier molecular flexibility index (Phi) is 3.73. The van der Waals surface area contributed by atoms with Crippen molar-refractivity contribution in [2.75, 3.05) is 4.90 Å². The van der Waals surface area contributed by atoms with Crippen molar-refractivity contribution in [3.8, 4) is 0 Å². The molecule has 20 heavy (non-hydrogen) atoms. The molecular weight excluding hydrogens is 248 g/mol. The summed E-state index contributed by atoms with van der Waals surface area (Å²) in [6.07, 6.45) is 3.40. The molecule has 0 N–H and O–H groups in total. The number of rotatable bonds is 5. The van der Waals surface area contributed by atoms with Crippen LogP contribution in [0.25, 0.3) is 0 Å². The van der Waals surface area contributed by atoms with Gasteiger partial charge in [-0.2, -0.15) is 15.0 Å². The monoisotopic (exact) mass is 264 g/mol. The van der Waals surface area contributed by atoms with Crippen molar-refractivity contribution in [3.63, 3.8) is 0 Å². The molecule has 100 valence electrons. The lowest BCUT2D eigenvalue weighted by Crippen LogP contribution is -2.27. The fourth-order valence-corrected chi connectivity index (χ4v) is 2.13. The number of para-hydroxylation sites is 1. The van der Waals surface area contributed by atoms with Crippen LogP contribution in [0.5, 0.6) is 0 Å². The zero-order valence-corrected chi connectivity index (χ0v) is 11.1. The normalized spacial score (nSPS) is 10.4. The molecule has 2 aromatic carbocycles. The van der Waals surface area contributed by atoms with E-state index in [1.807, 2.05) is 24.3 Å². The van der Waals surface area contributed by atoms with Gasteiger partial charge in [-0.15, -0.1) is 0 Å². The van der Waals surface area contributed by atoms with Crippen LogP contribution in [0.15, 0.2) is 73.1 Å². The van der Waals surface area contributed by atoms with Gasteiger partial charge in [-0.25, -0.2) is 0 Å². The third-order valence-electron chi connectivity index (χ3n) is 3.10. The molecule has 0 spiro atoms. The number of nitrogens with zero attached hydrogens (tertiary/aromatic N) is 4. The van der Waals surface area contributed by atoms with Gasteiger partial charge in [0.25, 0.3) is 0 Å². The van der Waals surface area contributed by atoms with Crippen molar-refractivity contribution in [3.05, 3.63) is 78.6 Å². The lowest BCUT2D eigenvalue weighted by molar-refractivity contribution is 0.511. The molecule has 1 aromatic heterocycles. The predicted octanol–water partition coefficient (Wildman–Crippen LogP) is 2.94. The van der Waals surface area contributed by atoms with Gasteiger partial charge in [-0.3, -0.25) is 0 Å². The van der Waals surface area contributed by atoms with Crippen molar-refractivity contribution in [1.29, 1.82) is 0 Å². The maximum Gasteiger partial charge on any atom is 0.132 e. The fourth-order valence-electron chi connectivity index (χ4n) is 2.13. The Morgan fingerprint density at radius 2 is 1.40 bits per heavy atom. The van der Waals surface area contributed by atoms with Crippen LogP contribution in [0.4, 0.5) is 5.69 Å². The second-order valence-corrected chi connectivity index (χ2v) is 4.56. The molecular formula is C16H16N4. The average Bonchev–Trinajstić information content (AvgIpc) is 3.02. The molecule has 0 unspecified atom stereocenters. The second kappa shape index (κ2) is 6.02. The Bertz CT molecular complexity index is 620. The van der Waals surface area contributed by atoms with Crippen molar-refractivity contribution >= 4 is 5.69 Å². The number of aromatic nitrogens is 3. The summed E-state index contributed by atoms with van der Waals surface area (Å²) in [5, 5.41) is 8.37. The Balaban J connectivity index is 1.83. The van der Waals surface area contributed by atoms with E-state index in [-0.39, 0.29) is 0 Å². The van der Waals surface area contributed by atoms with Crippen molar-refractivity contribution < 1.29 is 0 Å². The fraction of sp³-hybridized carbons (Fsp3) is 0.125. The molecule has 0 aliphatic heterocycles. The van der Waals surface area contributed by atoms with Gasteiger partial charge in [-0.1, -0.05) is 48.5 Å². The van der Waals surface area contributed by atoms with Gasteiger partial charge < -0.3 is 4.90 Å². The van der Waals surface area contributed by atoms with Crippen molar-refractivity contribution in [2.24, 2.45) is 0 Å². The van der Waals surface area contributed by atoms with Crippen LogP contribution < -0.4 is 4.90 Å². The summed E-state index contributed by atoms with van der Waals surface area (Å²) in [6.45, 7) is 1.46. The van der Waals surface area contributed by atoms with Crippen LogP contribution >= 0.6 is 0 Å². The van der Waals surface area contributed by atoms with Gasteiger partial charge in [0.15, 0.2) is 0 Å². The smallest absolute Gasteiger partial charge is 0.132 e. The molecule has 0 amide bonds. The molecule has 4 nitrogen and oxygen atoms in total. The molecule has 0 aliphatic rings. The van der Waals surface area contributed by atoms with Gasteiger partial charge in [0.05, 0.1) is 12.4 Å². The van der Waals surface area contributed by atoms with Gasteiger partial charge in [0.1, 0.15) is 6.67 Å². The Morgan fingerprint density at radius 1 is 0.800 bits per heavy atom. The first kappa shape index (κ1) is 12.4. The summed E-state index contributed by atoms with van der Waals surface area (Å²) in [5.74, 6) is 0. The standard InChI is InChI=1S/C16H16N4/c1-3-7-15(8-4-1)13-19(14-20-17-11-12-18-20)16-9-5-2-6-10-16/h1-12H,13-14H2. The molecule has 0 saturated heterocycles. The Morgan fingerprint density at radius 3 is 2.05 bits per heavy atom. The molecule has 0 atom stereocenters. The maximum atomic E-state index is 4.19. The van der Waals surface area contributed by atoms with E-state index in [2.05, 4.69) is 51.5 Å².